The molecular formula is C12H26O4S2. The van der Waals surface area contributed by atoms with Crippen LogP contribution in [-0.2, 0) is 9.47 Å². The maximum absolute atomic E-state index is 9.56. The van der Waals surface area contributed by atoms with Crippen LogP contribution in [0.25, 0.3) is 0 Å². The maximum Gasteiger partial charge on any atom is 0.168 e. The fourth-order valence-electron chi connectivity index (χ4n) is 1.00. The highest BCUT2D eigenvalue weighted by molar-refractivity contribution is 7.82. The molecule has 0 aromatic carbocycles. The number of unbranched alkanes of at least 4 members (excludes halogenated alkanes) is 1. The number of ether oxygens (including phenoxy) is 2. The normalized spacial score (nSPS) is 16.7. The Morgan fingerprint density at radius 2 is 1.11 bits per heavy atom. The second-order valence-electron chi connectivity index (χ2n) is 5.46. The molecule has 0 rings (SSSR count). The molecule has 0 amide bonds. The predicted octanol–water partition coefficient (Wildman–Crippen LogP) is 1.85. The predicted molar refractivity (Wildman–Crippen MR) is 79.3 cm³/mol. The molecule has 0 aliphatic carbocycles. The van der Waals surface area contributed by atoms with Crippen LogP contribution < -0.4 is 0 Å². The van der Waals surface area contributed by atoms with Crippen LogP contribution in [-0.4, -0.2) is 45.5 Å². The second kappa shape index (κ2) is 7.97. The molecule has 0 aromatic heterocycles. The van der Waals surface area contributed by atoms with E-state index in [-0.39, 0.29) is 0 Å². The number of aliphatic hydroxyl groups is 2. The van der Waals surface area contributed by atoms with Crippen molar-refractivity contribution < 1.29 is 19.7 Å². The van der Waals surface area contributed by atoms with E-state index < -0.39 is 22.1 Å². The molecule has 0 aliphatic heterocycles. The van der Waals surface area contributed by atoms with Crippen LogP contribution in [0.4, 0.5) is 0 Å². The summed E-state index contributed by atoms with van der Waals surface area (Å²) in [5, 5.41) is 19.1. The van der Waals surface area contributed by atoms with Crippen molar-refractivity contribution in [3.8, 4) is 0 Å². The van der Waals surface area contributed by atoms with Crippen LogP contribution in [0.2, 0.25) is 0 Å². The molecule has 6 heteroatoms. The van der Waals surface area contributed by atoms with Gasteiger partial charge in [-0.15, -0.1) is 0 Å². The van der Waals surface area contributed by atoms with Gasteiger partial charge in [0.2, 0.25) is 0 Å². The third kappa shape index (κ3) is 8.61. The maximum atomic E-state index is 9.56. The molecule has 110 valence electrons. The van der Waals surface area contributed by atoms with E-state index in [9.17, 15) is 10.2 Å². The Hall–Kier alpha value is 0.540. The van der Waals surface area contributed by atoms with Gasteiger partial charge in [-0.1, -0.05) is 0 Å². The average molecular weight is 298 g/mol. The van der Waals surface area contributed by atoms with E-state index in [2.05, 4.69) is 25.3 Å². The third-order valence-electron chi connectivity index (χ3n) is 2.30. The molecule has 2 unspecified atom stereocenters. The monoisotopic (exact) mass is 298 g/mol. The van der Waals surface area contributed by atoms with Gasteiger partial charge >= 0.3 is 0 Å². The first-order chi connectivity index (χ1) is 8.05. The van der Waals surface area contributed by atoms with Gasteiger partial charge in [-0.05, 0) is 40.5 Å². The molecule has 0 fully saturated rings. The lowest BCUT2D eigenvalue weighted by Gasteiger charge is -2.25. The fraction of sp³-hybridized carbons (Fsp3) is 1.00. The summed E-state index contributed by atoms with van der Waals surface area (Å²) >= 11 is 8.42. The number of thiol groups is 2. The lowest BCUT2D eigenvalue weighted by atomic mass is 10.2. The van der Waals surface area contributed by atoms with E-state index in [4.69, 9.17) is 9.47 Å². The molecule has 0 spiro atoms. The van der Waals surface area contributed by atoms with Crippen LogP contribution in [0.3, 0.4) is 0 Å². The Morgan fingerprint density at radius 3 is 1.33 bits per heavy atom. The quantitative estimate of drug-likeness (QED) is 0.298. The Balaban J connectivity index is 3.53. The summed E-state index contributed by atoms with van der Waals surface area (Å²) in [5.41, 5.74) is 0. The van der Waals surface area contributed by atoms with Crippen LogP contribution in [0.5, 0.6) is 0 Å². The van der Waals surface area contributed by atoms with Crippen molar-refractivity contribution >= 4 is 25.3 Å². The molecule has 0 aliphatic rings. The van der Waals surface area contributed by atoms with E-state index in [0.717, 1.165) is 12.8 Å². The van der Waals surface area contributed by atoms with E-state index in [1.54, 1.807) is 27.7 Å². The van der Waals surface area contributed by atoms with Gasteiger partial charge in [0, 0.05) is 13.2 Å². The van der Waals surface area contributed by atoms with E-state index >= 15 is 0 Å². The topological polar surface area (TPSA) is 58.9 Å². The second-order valence-corrected chi connectivity index (χ2v) is 7.77. The van der Waals surface area contributed by atoms with Gasteiger partial charge < -0.3 is 19.7 Å². The fourth-order valence-corrected chi connectivity index (χ4v) is 1.15. The minimum atomic E-state index is -0.885. The number of hydrogen-bond acceptors (Lipinski definition) is 6. The molecule has 0 saturated carbocycles. The van der Waals surface area contributed by atoms with Gasteiger partial charge in [-0.3, -0.25) is 0 Å². The zero-order chi connectivity index (χ0) is 14.4. The van der Waals surface area contributed by atoms with Crippen LogP contribution in [0.15, 0.2) is 0 Å². The van der Waals surface area contributed by atoms with Crippen molar-refractivity contribution in [2.45, 2.75) is 62.6 Å². The summed E-state index contributed by atoms with van der Waals surface area (Å²) < 4.78 is 9.32. The number of rotatable bonds is 9. The molecule has 0 saturated heterocycles. The first-order valence-electron chi connectivity index (χ1n) is 6.09. The number of hydrogen-bond donors (Lipinski definition) is 4. The van der Waals surface area contributed by atoms with Crippen molar-refractivity contribution in [3.63, 3.8) is 0 Å². The highest BCUT2D eigenvalue weighted by atomic mass is 32.1. The first kappa shape index (κ1) is 18.5. The molecule has 0 bridgehead atoms. The summed E-state index contributed by atoms with van der Waals surface area (Å²) in [6.45, 7) is 8.03. The molecule has 0 heterocycles. The van der Waals surface area contributed by atoms with Crippen LogP contribution in [0.1, 0.15) is 40.5 Å². The van der Waals surface area contributed by atoms with Gasteiger partial charge in [0.1, 0.15) is 0 Å². The Bertz CT molecular complexity index is 199. The summed E-state index contributed by atoms with van der Waals surface area (Å²) in [6.07, 6.45) is -0.270. The number of aliphatic hydroxyl groups excluding tert-OH is 2. The highest BCUT2D eigenvalue weighted by Gasteiger charge is 2.24. The highest BCUT2D eigenvalue weighted by Crippen LogP contribution is 2.19. The van der Waals surface area contributed by atoms with Gasteiger partial charge in [0.25, 0.3) is 0 Å². The lowest BCUT2D eigenvalue weighted by molar-refractivity contribution is -0.126. The standard InChI is InChI=1S/C12H26O4S2/c1-11(2,17)9(13)15-7-5-6-8-16-10(14)12(3,4)18/h9-10,13-14,17-18H,5-8H2,1-4H3. The molecule has 0 radical (unpaired) electrons. The molecular weight excluding hydrogens is 272 g/mol. The molecule has 2 N–H and O–H groups in total. The molecule has 0 aromatic rings. The van der Waals surface area contributed by atoms with Gasteiger partial charge in [0.15, 0.2) is 12.6 Å². The van der Waals surface area contributed by atoms with Crippen molar-refractivity contribution in [1.29, 1.82) is 0 Å². The van der Waals surface area contributed by atoms with Crippen molar-refractivity contribution in [1.82, 2.24) is 0 Å². The Labute approximate surface area is 121 Å². The summed E-state index contributed by atoms with van der Waals surface area (Å²) in [5.74, 6) is 0. The largest absolute Gasteiger partial charge is 0.367 e. The van der Waals surface area contributed by atoms with Crippen LogP contribution in [0, 0.1) is 0 Å². The smallest absolute Gasteiger partial charge is 0.168 e. The first-order valence-corrected chi connectivity index (χ1v) is 6.98. The van der Waals surface area contributed by atoms with Crippen LogP contribution >= 0.6 is 25.3 Å². The lowest BCUT2D eigenvalue weighted by Crippen LogP contribution is -2.34. The van der Waals surface area contributed by atoms with Gasteiger partial charge in [-0.25, -0.2) is 0 Å². The van der Waals surface area contributed by atoms with Crippen molar-refractivity contribution in [2.75, 3.05) is 13.2 Å². The zero-order valence-corrected chi connectivity index (χ0v) is 13.4. The summed E-state index contributed by atoms with van der Waals surface area (Å²) in [6, 6.07) is 0. The van der Waals surface area contributed by atoms with Crippen molar-refractivity contribution in [3.05, 3.63) is 0 Å². The zero-order valence-electron chi connectivity index (χ0n) is 11.6. The molecule has 4 nitrogen and oxygen atoms in total. The molecule has 18 heavy (non-hydrogen) atoms. The Kier molecular flexibility index (Phi) is 8.21. The van der Waals surface area contributed by atoms with Gasteiger partial charge in [0.05, 0.1) is 9.49 Å². The Morgan fingerprint density at radius 1 is 0.833 bits per heavy atom. The SMILES string of the molecule is CC(C)(S)C(O)OCCCCOC(O)C(C)(C)S. The van der Waals surface area contributed by atoms with E-state index in [1.165, 1.54) is 0 Å². The summed E-state index contributed by atoms with van der Waals surface area (Å²) in [4.78, 5) is 0. The average Bonchev–Trinajstić information content (AvgIpc) is 2.19. The summed E-state index contributed by atoms with van der Waals surface area (Å²) in [7, 11) is 0. The van der Waals surface area contributed by atoms with E-state index in [0.29, 0.717) is 13.2 Å². The van der Waals surface area contributed by atoms with Crippen molar-refractivity contribution in [2.24, 2.45) is 0 Å². The molecule has 2 atom stereocenters. The third-order valence-corrected chi connectivity index (χ3v) is 2.74. The van der Waals surface area contributed by atoms with Gasteiger partial charge in [-0.2, -0.15) is 25.3 Å². The van der Waals surface area contributed by atoms with E-state index in [1.807, 2.05) is 0 Å². The minimum Gasteiger partial charge on any atom is -0.367 e. The minimum absolute atomic E-state index is 0.439.